The third-order valence-electron chi connectivity index (χ3n) is 3.10. The molecule has 16 heavy (non-hydrogen) atoms. The summed E-state index contributed by atoms with van der Waals surface area (Å²) in [6.45, 7) is 3.07. The topological polar surface area (TPSA) is 47.4 Å². The van der Waals surface area contributed by atoms with Crippen molar-refractivity contribution in [2.75, 3.05) is 31.2 Å². The normalized spacial score (nSPS) is 21.1. The molecule has 1 aliphatic carbocycles. The second-order valence-electron chi connectivity index (χ2n) is 4.32. The van der Waals surface area contributed by atoms with Crippen molar-refractivity contribution < 1.29 is 4.74 Å². The summed E-state index contributed by atoms with van der Waals surface area (Å²) in [5.41, 5.74) is 0.0685. The Morgan fingerprint density at radius 3 is 2.69 bits per heavy atom. The van der Waals surface area contributed by atoms with Gasteiger partial charge in [-0.25, -0.2) is 4.98 Å². The fraction of sp³-hybridized carbons (Fsp3) is 0.636. The van der Waals surface area contributed by atoms with Crippen molar-refractivity contribution in [3.8, 4) is 0 Å². The van der Waals surface area contributed by atoms with Gasteiger partial charge in [-0.3, -0.25) is 9.36 Å². The highest BCUT2D eigenvalue weighted by Crippen LogP contribution is 2.33. The third kappa shape index (κ3) is 1.82. The SMILES string of the molecule is O=c1cc(N2CCOCC2)ncn1C1CC1. The van der Waals surface area contributed by atoms with E-state index in [0.717, 1.165) is 31.7 Å². The van der Waals surface area contributed by atoms with Crippen LogP contribution in [-0.2, 0) is 4.74 Å². The zero-order valence-corrected chi connectivity index (χ0v) is 9.13. The largest absolute Gasteiger partial charge is 0.378 e. The Kier molecular flexibility index (Phi) is 2.40. The fourth-order valence-corrected chi connectivity index (χ4v) is 1.99. The number of morpholine rings is 1. The zero-order valence-electron chi connectivity index (χ0n) is 9.13. The lowest BCUT2D eigenvalue weighted by molar-refractivity contribution is 0.122. The summed E-state index contributed by atoms with van der Waals surface area (Å²) in [4.78, 5) is 18.3. The van der Waals surface area contributed by atoms with Crippen molar-refractivity contribution in [2.45, 2.75) is 18.9 Å². The van der Waals surface area contributed by atoms with E-state index >= 15 is 0 Å². The van der Waals surface area contributed by atoms with Gasteiger partial charge in [-0.05, 0) is 12.8 Å². The molecule has 2 heterocycles. The summed E-state index contributed by atoms with van der Waals surface area (Å²) < 4.78 is 7.01. The molecule has 1 aromatic rings. The van der Waals surface area contributed by atoms with Crippen LogP contribution < -0.4 is 10.5 Å². The summed E-state index contributed by atoms with van der Waals surface area (Å²) in [6.07, 6.45) is 3.90. The molecule has 5 heteroatoms. The average Bonchev–Trinajstić information content (AvgIpc) is 3.14. The Bertz CT molecular complexity index is 433. The van der Waals surface area contributed by atoms with Gasteiger partial charge in [0.05, 0.1) is 13.2 Å². The maximum Gasteiger partial charge on any atom is 0.255 e. The predicted molar refractivity (Wildman–Crippen MR) is 59.8 cm³/mol. The minimum atomic E-state index is 0.0685. The summed E-state index contributed by atoms with van der Waals surface area (Å²) in [7, 11) is 0. The van der Waals surface area contributed by atoms with Crippen LogP contribution >= 0.6 is 0 Å². The van der Waals surface area contributed by atoms with E-state index in [1.165, 1.54) is 0 Å². The van der Waals surface area contributed by atoms with Gasteiger partial charge in [0.15, 0.2) is 0 Å². The van der Waals surface area contributed by atoms with E-state index in [1.807, 2.05) is 0 Å². The van der Waals surface area contributed by atoms with Gasteiger partial charge < -0.3 is 9.64 Å². The maximum atomic E-state index is 11.8. The molecule has 1 aliphatic heterocycles. The number of aromatic nitrogens is 2. The molecule has 1 saturated carbocycles. The van der Waals surface area contributed by atoms with Gasteiger partial charge in [0.1, 0.15) is 12.1 Å². The highest BCUT2D eigenvalue weighted by molar-refractivity contribution is 5.37. The summed E-state index contributed by atoms with van der Waals surface area (Å²) in [5, 5.41) is 0. The van der Waals surface area contributed by atoms with E-state index < -0.39 is 0 Å². The molecule has 86 valence electrons. The minimum Gasteiger partial charge on any atom is -0.378 e. The maximum absolute atomic E-state index is 11.8. The molecule has 2 aliphatic rings. The smallest absolute Gasteiger partial charge is 0.255 e. The molecule has 0 aromatic carbocycles. The Balaban J connectivity index is 1.84. The van der Waals surface area contributed by atoms with Crippen LogP contribution in [0.1, 0.15) is 18.9 Å². The Morgan fingerprint density at radius 1 is 1.31 bits per heavy atom. The van der Waals surface area contributed by atoms with Crippen molar-refractivity contribution in [3.63, 3.8) is 0 Å². The van der Waals surface area contributed by atoms with Gasteiger partial charge in [0.2, 0.25) is 0 Å². The second-order valence-corrected chi connectivity index (χ2v) is 4.32. The third-order valence-corrected chi connectivity index (χ3v) is 3.10. The first-order valence-electron chi connectivity index (χ1n) is 5.75. The first-order valence-corrected chi connectivity index (χ1v) is 5.75. The van der Waals surface area contributed by atoms with Gasteiger partial charge in [0.25, 0.3) is 5.56 Å². The van der Waals surface area contributed by atoms with Crippen LogP contribution in [-0.4, -0.2) is 35.9 Å². The van der Waals surface area contributed by atoms with Gasteiger partial charge in [0, 0.05) is 25.2 Å². The lowest BCUT2D eigenvalue weighted by Crippen LogP contribution is -2.37. The average molecular weight is 221 g/mol. The summed E-state index contributed by atoms with van der Waals surface area (Å²) in [5.74, 6) is 0.783. The number of hydrogen-bond acceptors (Lipinski definition) is 4. The lowest BCUT2D eigenvalue weighted by Gasteiger charge is -2.27. The molecule has 0 unspecified atom stereocenters. The van der Waals surface area contributed by atoms with E-state index in [-0.39, 0.29) is 5.56 Å². The molecule has 0 bridgehead atoms. The van der Waals surface area contributed by atoms with Crippen LogP contribution in [0.3, 0.4) is 0 Å². The van der Waals surface area contributed by atoms with E-state index in [9.17, 15) is 4.79 Å². The second kappa shape index (κ2) is 3.90. The van der Waals surface area contributed by atoms with Crippen molar-refractivity contribution in [3.05, 3.63) is 22.7 Å². The van der Waals surface area contributed by atoms with Gasteiger partial charge >= 0.3 is 0 Å². The van der Waals surface area contributed by atoms with Crippen molar-refractivity contribution in [2.24, 2.45) is 0 Å². The molecule has 5 nitrogen and oxygen atoms in total. The van der Waals surface area contributed by atoms with Crippen LogP contribution in [0.2, 0.25) is 0 Å². The van der Waals surface area contributed by atoms with E-state index in [0.29, 0.717) is 19.3 Å². The Labute approximate surface area is 93.7 Å². The Hall–Kier alpha value is -1.36. The van der Waals surface area contributed by atoms with Crippen molar-refractivity contribution >= 4 is 5.82 Å². The standard InChI is InChI=1S/C11H15N3O2/c15-11-7-10(13-3-5-16-6-4-13)12-8-14(11)9-1-2-9/h7-9H,1-6H2. The molecule has 0 atom stereocenters. The van der Waals surface area contributed by atoms with Crippen LogP contribution in [0, 0.1) is 0 Å². The van der Waals surface area contributed by atoms with E-state index in [4.69, 9.17) is 4.74 Å². The van der Waals surface area contributed by atoms with Crippen LogP contribution in [0.5, 0.6) is 0 Å². The van der Waals surface area contributed by atoms with Crippen LogP contribution in [0.4, 0.5) is 5.82 Å². The number of hydrogen-bond donors (Lipinski definition) is 0. The van der Waals surface area contributed by atoms with Crippen molar-refractivity contribution in [1.29, 1.82) is 0 Å². The molecular weight excluding hydrogens is 206 g/mol. The first-order chi connectivity index (χ1) is 7.84. The number of nitrogens with zero attached hydrogens (tertiary/aromatic N) is 3. The molecule has 2 fully saturated rings. The van der Waals surface area contributed by atoms with Crippen molar-refractivity contribution in [1.82, 2.24) is 9.55 Å². The summed E-state index contributed by atoms with van der Waals surface area (Å²) in [6, 6.07) is 2.04. The first kappa shape index (κ1) is 9.84. The monoisotopic (exact) mass is 221 g/mol. The molecule has 0 radical (unpaired) electrons. The highest BCUT2D eigenvalue weighted by Gasteiger charge is 2.25. The molecule has 1 aromatic heterocycles. The number of ether oxygens (including phenoxy) is 1. The molecule has 1 saturated heterocycles. The number of rotatable bonds is 2. The van der Waals surface area contributed by atoms with Crippen LogP contribution in [0.25, 0.3) is 0 Å². The molecule has 3 rings (SSSR count). The lowest BCUT2D eigenvalue weighted by atomic mass is 10.4. The zero-order chi connectivity index (χ0) is 11.0. The van der Waals surface area contributed by atoms with Gasteiger partial charge in [-0.1, -0.05) is 0 Å². The van der Waals surface area contributed by atoms with Gasteiger partial charge in [-0.2, -0.15) is 0 Å². The quantitative estimate of drug-likeness (QED) is 0.726. The molecule has 0 N–H and O–H groups in total. The van der Waals surface area contributed by atoms with E-state index in [1.54, 1.807) is 17.0 Å². The molecule has 0 amide bonds. The van der Waals surface area contributed by atoms with E-state index in [2.05, 4.69) is 9.88 Å². The summed E-state index contributed by atoms with van der Waals surface area (Å²) >= 11 is 0. The molecule has 0 spiro atoms. The predicted octanol–water partition coefficient (Wildman–Crippen LogP) is 0.415. The molecular formula is C11H15N3O2. The highest BCUT2D eigenvalue weighted by atomic mass is 16.5. The number of anilines is 1. The Morgan fingerprint density at radius 2 is 2.06 bits per heavy atom. The fourth-order valence-electron chi connectivity index (χ4n) is 1.99. The van der Waals surface area contributed by atoms with Gasteiger partial charge in [-0.15, -0.1) is 0 Å². The van der Waals surface area contributed by atoms with Crippen LogP contribution in [0.15, 0.2) is 17.2 Å². The minimum absolute atomic E-state index is 0.0685.